The van der Waals surface area contributed by atoms with Crippen LogP contribution < -0.4 is 5.32 Å². The predicted molar refractivity (Wildman–Crippen MR) is 68.5 cm³/mol. The molecule has 0 unspecified atom stereocenters. The predicted octanol–water partition coefficient (Wildman–Crippen LogP) is -0.187. The minimum absolute atomic E-state index is 0.331. The fourth-order valence-electron chi connectivity index (χ4n) is 1.76. The average Bonchev–Trinajstić information content (AvgIpc) is 2.44. The second-order valence-corrected chi connectivity index (χ2v) is 4.23. The fourth-order valence-corrected chi connectivity index (χ4v) is 1.76. The normalized spacial score (nSPS) is 15.1. The molecular formula is C12H21N3O4. The van der Waals surface area contributed by atoms with E-state index in [9.17, 15) is 14.4 Å². The van der Waals surface area contributed by atoms with Crippen LogP contribution in [0, 0.1) is 0 Å². The minimum atomic E-state index is -0.577. The Balaban J connectivity index is 2.38. The number of rotatable bonds is 3. The summed E-state index contributed by atoms with van der Waals surface area (Å²) in [4.78, 5) is 37.8. The summed E-state index contributed by atoms with van der Waals surface area (Å²) in [5.41, 5.74) is 0. The second kappa shape index (κ2) is 7.60. The topological polar surface area (TPSA) is 79.0 Å². The van der Waals surface area contributed by atoms with Gasteiger partial charge in [0.25, 0.3) is 0 Å². The van der Waals surface area contributed by atoms with Crippen molar-refractivity contribution in [1.82, 2.24) is 15.1 Å². The molecule has 0 aromatic carbocycles. The largest absolute Gasteiger partial charge is 0.450 e. The monoisotopic (exact) mass is 271 g/mol. The van der Waals surface area contributed by atoms with Gasteiger partial charge >= 0.3 is 17.9 Å². The molecule has 0 atom stereocenters. The van der Waals surface area contributed by atoms with Crippen molar-refractivity contribution < 1.29 is 19.1 Å². The zero-order valence-electron chi connectivity index (χ0n) is 11.5. The Kier molecular flexibility index (Phi) is 6.11. The third kappa shape index (κ3) is 4.42. The summed E-state index contributed by atoms with van der Waals surface area (Å²) in [6.07, 6.45) is 0.417. The lowest BCUT2D eigenvalue weighted by Crippen LogP contribution is -2.54. The first-order chi connectivity index (χ1) is 9.10. The van der Waals surface area contributed by atoms with Crippen LogP contribution in [0.2, 0.25) is 0 Å². The molecule has 7 nitrogen and oxygen atoms in total. The third-order valence-electron chi connectivity index (χ3n) is 2.82. The van der Waals surface area contributed by atoms with Crippen molar-refractivity contribution in [2.45, 2.75) is 20.3 Å². The molecule has 19 heavy (non-hydrogen) atoms. The van der Waals surface area contributed by atoms with Gasteiger partial charge in [-0.05, 0) is 13.3 Å². The molecular weight excluding hydrogens is 250 g/mol. The number of carbonyl (C=O) groups is 3. The highest BCUT2D eigenvalue weighted by Gasteiger charge is 2.27. The zero-order valence-corrected chi connectivity index (χ0v) is 11.5. The highest BCUT2D eigenvalue weighted by molar-refractivity contribution is 6.35. The summed E-state index contributed by atoms with van der Waals surface area (Å²) in [5, 5.41) is 2.55. The van der Waals surface area contributed by atoms with Crippen molar-refractivity contribution in [3.05, 3.63) is 0 Å². The van der Waals surface area contributed by atoms with Crippen molar-refractivity contribution in [2.75, 3.05) is 39.3 Å². The van der Waals surface area contributed by atoms with Crippen LogP contribution in [-0.4, -0.2) is 67.0 Å². The molecule has 108 valence electrons. The van der Waals surface area contributed by atoms with Crippen LogP contribution in [-0.2, 0) is 14.3 Å². The van der Waals surface area contributed by atoms with Crippen molar-refractivity contribution in [3.63, 3.8) is 0 Å². The summed E-state index contributed by atoms with van der Waals surface area (Å²) in [7, 11) is 0. The molecule has 0 aromatic rings. The van der Waals surface area contributed by atoms with Crippen LogP contribution >= 0.6 is 0 Å². The first kappa shape index (κ1) is 15.3. The molecule has 1 fully saturated rings. The molecule has 1 aliphatic heterocycles. The molecule has 1 rings (SSSR count). The van der Waals surface area contributed by atoms with Gasteiger partial charge < -0.3 is 19.9 Å². The number of hydrogen-bond donors (Lipinski definition) is 1. The van der Waals surface area contributed by atoms with E-state index in [1.54, 1.807) is 6.92 Å². The van der Waals surface area contributed by atoms with E-state index >= 15 is 0 Å². The Morgan fingerprint density at radius 3 is 2.16 bits per heavy atom. The lowest BCUT2D eigenvalue weighted by Gasteiger charge is -2.33. The van der Waals surface area contributed by atoms with E-state index in [2.05, 4.69) is 5.32 Å². The molecule has 1 N–H and O–H groups in total. The lowest BCUT2D eigenvalue weighted by atomic mass is 10.3. The van der Waals surface area contributed by atoms with Gasteiger partial charge in [0.15, 0.2) is 0 Å². The molecule has 7 heteroatoms. The van der Waals surface area contributed by atoms with Gasteiger partial charge in [-0.2, -0.15) is 0 Å². The van der Waals surface area contributed by atoms with Crippen LogP contribution in [0.15, 0.2) is 0 Å². The Morgan fingerprint density at radius 1 is 1.05 bits per heavy atom. The lowest BCUT2D eigenvalue weighted by molar-refractivity contribution is -0.146. The number of ether oxygens (including phenoxy) is 1. The van der Waals surface area contributed by atoms with Crippen molar-refractivity contribution in [2.24, 2.45) is 0 Å². The van der Waals surface area contributed by atoms with E-state index in [0.717, 1.165) is 6.42 Å². The SMILES string of the molecule is CCCNC(=O)C(=O)N1CCN(C(=O)OCC)CC1. The van der Waals surface area contributed by atoms with Gasteiger partial charge in [-0.1, -0.05) is 6.92 Å². The van der Waals surface area contributed by atoms with Gasteiger partial charge in [0.1, 0.15) is 0 Å². The molecule has 1 saturated heterocycles. The molecule has 0 aliphatic carbocycles. The van der Waals surface area contributed by atoms with Crippen LogP contribution in [0.4, 0.5) is 4.79 Å². The fraction of sp³-hybridized carbons (Fsp3) is 0.750. The van der Waals surface area contributed by atoms with Gasteiger partial charge in [0.2, 0.25) is 0 Å². The molecule has 1 heterocycles. The summed E-state index contributed by atoms with van der Waals surface area (Å²) in [6.45, 7) is 6.00. The number of amides is 3. The highest BCUT2D eigenvalue weighted by atomic mass is 16.6. The van der Waals surface area contributed by atoms with Gasteiger partial charge in [-0.25, -0.2) is 4.79 Å². The summed E-state index contributed by atoms with van der Waals surface area (Å²) in [6, 6.07) is 0. The van der Waals surface area contributed by atoms with Gasteiger partial charge in [-0.3, -0.25) is 9.59 Å². The molecule has 0 bridgehead atoms. The first-order valence-electron chi connectivity index (χ1n) is 6.59. The van der Waals surface area contributed by atoms with Crippen LogP contribution in [0.3, 0.4) is 0 Å². The van der Waals surface area contributed by atoms with Crippen LogP contribution in [0.25, 0.3) is 0 Å². The van der Waals surface area contributed by atoms with E-state index in [-0.39, 0.29) is 6.09 Å². The van der Waals surface area contributed by atoms with Crippen molar-refractivity contribution in [1.29, 1.82) is 0 Å². The summed E-state index contributed by atoms with van der Waals surface area (Å²) < 4.78 is 4.88. The quantitative estimate of drug-likeness (QED) is 0.722. The Bertz CT molecular complexity index is 338. The maximum absolute atomic E-state index is 11.8. The molecule has 1 aliphatic rings. The number of hydrogen-bond acceptors (Lipinski definition) is 4. The summed E-state index contributed by atoms with van der Waals surface area (Å²) >= 11 is 0. The summed E-state index contributed by atoms with van der Waals surface area (Å²) in [5.74, 6) is -1.11. The van der Waals surface area contributed by atoms with Gasteiger partial charge in [0, 0.05) is 32.7 Å². The molecule has 0 spiro atoms. The van der Waals surface area contributed by atoms with E-state index in [4.69, 9.17) is 4.74 Å². The van der Waals surface area contributed by atoms with E-state index in [1.165, 1.54) is 9.80 Å². The number of nitrogens with zero attached hydrogens (tertiary/aromatic N) is 2. The van der Waals surface area contributed by atoms with E-state index in [0.29, 0.717) is 39.3 Å². The Labute approximate surface area is 112 Å². The standard InChI is InChI=1S/C12H21N3O4/c1-3-5-13-10(16)11(17)14-6-8-15(9-7-14)12(18)19-4-2/h3-9H2,1-2H3,(H,13,16). The average molecular weight is 271 g/mol. The maximum atomic E-state index is 11.8. The third-order valence-corrected chi connectivity index (χ3v) is 2.82. The molecule has 0 radical (unpaired) electrons. The molecule has 3 amide bonds. The minimum Gasteiger partial charge on any atom is -0.450 e. The van der Waals surface area contributed by atoms with Gasteiger partial charge in [-0.15, -0.1) is 0 Å². The Hall–Kier alpha value is -1.79. The van der Waals surface area contributed by atoms with E-state index in [1.807, 2.05) is 6.92 Å². The van der Waals surface area contributed by atoms with E-state index < -0.39 is 11.8 Å². The van der Waals surface area contributed by atoms with Gasteiger partial charge in [0.05, 0.1) is 6.61 Å². The second-order valence-electron chi connectivity index (χ2n) is 4.23. The molecule has 0 saturated carbocycles. The van der Waals surface area contributed by atoms with Crippen molar-refractivity contribution >= 4 is 17.9 Å². The number of nitrogens with one attached hydrogen (secondary N) is 1. The highest BCUT2D eigenvalue weighted by Crippen LogP contribution is 2.04. The Morgan fingerprint density at radius 2 is 1.63 bits per heavy atom. The van der Waals surface area contributed by atoms with Crippen molar-refractivity contribution in [3.8, 4) is 0 Å². The maximum Gasteiger partial charge on any atom is 0.409 e. The number of carbonyl (C=O) groups excluding carboxylic acids is 3. The van der Waals surface area contributed by atoms with Crippen LogP contribution in [0.1, 0.15) is 20.3 Å². The smallest absolute Gasteiger partial charge is 0.409 e. The number of piperazine rings is 1. The first-order valence-corrected chi connectivity index (χ1v) is 6.59. The zero-order chi connectivity index (χ0) is 14.3. The molecule has 0 aromatic heterocycles. The van der Waals surface area contributed by atoms with Crippen LogP contribution in [0.5, 0.6) is 0 Å².